The van der Waals surface area contributed by atoms with Crippen LogP contribution in [0.2, 0.25) is 0 Å². The summed E-state index contributed by atoms with van der Waals surface area (Å²) in [6.07, 6.45) is 5.35. The Morgan fingerprint density at radius 2 is 2.19 bits per heavy atom. The molecule has 2 aromatic rings. The number of hydrogen-bond donors (Lipinski definition) is 2. The van der Waals surface area contributed by atoms with Crippen molar-refractivity contribution < 1.29 is 14.3 Å². The molecule has 0 saturated heterocycles. The Hall–Kier alpha value is -2.53. The first-order chi connectivity index (χ1) is 10.1. The average Bonchev–Trinajstić information content (AvgIpc) is 2.47. The number of halogens is 1. The molecule has 0 unspecified atom stereocenters. The monoisotopic (exact) mass is 286 g/mol. The predicted octanol–water partition coefficient (Wildman–Crippen LogP) is 2.67. The number of aliphatic hydroxyl groups is 1. The average molecular weight is 286 g/mol. The lowest BCUT2D eigenvalue weighted by Gasteiger charge is -2.08. The number of benzene rings is 1. The van der Waals surface area contributed by atoms with Crippen molar-refractivity contribution in [2.75, 3.05) is 5.32 Å². The largest absolute Gasteiger partial charge is 0.392 e. The third-order valence-corrected chi connectivity index (χ3v) is 2.90. The molecule has 108 valence electrons. The lowest BCUT2D eigenvalue weighted by Crippen LogP contribution is -2.09. The topological polar surface area (TPSA) is 62.2 Å². The van der Waals surface area contributed by atoms with Crippen molar-refractivity contribution in [3.63, 3.8) is 0 Å². The number of nitrogens with one attached hydrogen (secondary N) is 1. The lowest BCUT2D eigenvalue weighted by atomic mass is 10.1. The van der Waals surface area contributed by atoms with Gasteiger partial charge in [-0.25, -0.2) is 4.39 Å². The van der Waals surface area contributed by atoms with Crippen LogP contribution < -0.4 is 5.32 Å². The fourth-order valence-corrected chi connectivity index (χ4v) is 1.77. The molecule has 0 fully saturated rings. The number of hydrogen-bond acceptors (Lipinski definition) is 3. The molecule has 0 aliphatic carbocycles. The summed E-state index contributed by atoms with van der Waals surface area (Å²) >= 11 is 0. The fourth-order valence-electron chi connectivity index (χ4n) is 1.77. The van der Waals surface area contributed by atoms with Gasteiger partial charge in [-0.2, -0.15) is 0 Å². The van der Waals surface area contributed by atoms with Gasteiger partial charge < -0.3 is 10.4 Å². The summed E-state index contributed by atoms with van der Waals surface area (Å²) in [5.74, 6) is -0.790. The SMILES string of the molecule is Cc1ccc(CO)cc1NC(=O)/C=C/c1cncc(F)c1. The molecule has 4 nitrogen and oxygen atoms in total. The third kappa shape index (κ3) is 4.22. The van der Waals surface area contributed by atoms with E-state index in [1.54, 1.807) is 12.1 Å². The Balaban J connectivity index is 2.08. The van der Waals surface area contributed by atoms with Gasteiger partial charge in [-0.3, -0.25) is 9.78 Å². The van der Waals surface area contributed by atoms with Crippen molar-refractivity contribution in [1.82, 2.24) is 4.98 Å². The van der Waals surface area contributed by atoms with Gasteiger partial charge in [-0.05, 0) is 41.8 Å². The second-order valence-electron chi connectivity index (χ2n) is 4.57. The minimum Gasteiger partial charge on any atom is -0.392 e. The van der Waals surface area contributed by atoms with E-state index in [9.17, 15) is 9.18 Å². The van der Waals surface area contributed by atoms with E-state index in [0.717, 1.165) is 11.8 Å². The van der Waals surface area contributed by atoms with Gasteiger partial charge in [0.1, 0.15) is 5.82 Å². The molecule has 0 saturated carbocycles. The van der Waals surface area contributed by atoms with Crippen molar-refractivity contribution in [1.29, 1.82) is 0 Å². The van der Waals surface area contributed by atoms with E-state index >= 15 is 0 Å². The molecule has 5 heteroatoms. The second kappa shape index (κ2) is 6.76. The van der Waals surface area contributed by atoms with Gasteiger partial charge in [-0.1, -0.05) is 12.1 Å². The molecule has 1 heterocycles. The van der Waals surface area contributed by atoms with Gasteiger partial charge in [0.2, 0.25) is 5.91 Å². The zero-order valence-electron chi connectivity index (χ0n) is 11.5. The number of aliphatic hydroxyl groups excluding tert-OH is 1. The first-order valence-corrected chi connectivity index (χ1v) is 6.38. The van der Waals surface area contributed by atoms with Gasteiger partial charge in [0.05, 0.1) is 12.8 Å². The number of pyridine rings is 1. The molecular formula is C16H15FN2O2. The molecule has 0 spiro atoms. The quantitative estimate of drug-likeness (QED) is 0.849. The van der Waals surface area contributed by atoms with Crippen molar-refractivity contribution in [3.05, 3.63) is 65.2 Å². The molecule has 0 bridgehead atoms. The molecule has 21 heavy (non-hydrogen) atoms. The first-order valence-electron chi connectivity index (χ1n) is 6.38. The van der Waals surface area contributed by atoms with Gasteiger partial charge in [0.25, 0.3) is 0 Å². The second-order valence-corrected chi connectivity index (χ2v) is 4.57. The van der Waals surface area contributed by atoms with Crippen molar-refractivity contribution in [3.8, 4) is 0 Å². The molecule has 2 N–H and O–H groups in total. The standard InChI is InChI=1S/C16H15FN2O2/c1-11-2-3-13(10-20)7-15(11)19-16(21)5-4-12-6-14(17)9-18-8-12/h2-9,20H,10H2,1H3,(H,19,21)/b5-4+. The van der Waals surface area contributed by atoms with Gasteiger partial charge >= 0.3 is 0 Å². The van der Waals surface area contributed by atoms with Crippen LogP contribution in [0.1, 0.15) is 16.7 Å². The zero-order chi connectivity index (χ0) is 15.2. The molecule has 2 rings (SSSR count). The molecule has 1 amide bonds. The fraction of sp³-hybridized carbons (Fsp3) is 0.125. The Kier molecular flexibility index (Phi) is 4.79. The maximum Gasteiger partial charge on any atom is 0.248 e. The van der Waals surface area contributed by atoms with E-state index in [4.69, 9.17) is 5.11 Å². The van der Waals surface area contributed by atoms with Crippen LogP contribution in [0.25, 0.3) is 6.08 Å². The van der Waals surface area contributed by atoms with Crippen LogP contribution in [0.4, 0.5) is 10.1 Å². The van der Waals surface area contributed by atoms with Crippen LogP contribution in [0, 0.1) is 12.7 Å². The van der Waals surface area contributed by atoms with Crippen LogP contribution >= 0.6 is 0 Å². The number of amides is 1. The molecular weight excluding hydrogens is 271 g/mol. The van der Waals surface area contributed by atoms with E-state index in [1.807, 2.05) is 13.0 Å². The molecule has 0 aliphatic rings. The minimum atomic E-state index is -0.455. The number of aryl methyl sites for hydroxylation is 1. The summed E-state index contributed by atoms with van der Waals surface area (Å²) in [5.41, 5.74) is 2.75. The highest BCUT2D eigenvalue weighted by molar-refractivity contribution is 6.02. The highest BCUT2D eigenvalue weighted by Crippen LogP contribution is 2.17. The third-order valence-electron chi connectivity index (χ3n) is 2.90. The molecule has 0 atom stereocenters. The van der Waals surface area contributed by atoms with Crippen molar-refractivity contribution in [2.45, 2.75) is 13.5 Å². The number of nitrogens with zero attached hydrogens (tertiary/aromatic N) is 1. The maximum atomic E-state index is 13.0. The summed E-state index contributed by atoms with van der Waals surface area (Å²) in [5, 5.41) is 11.8. The number of anilines is 1. The molecule has 0 radical (unpaired) electrons. The summed E-state index contributed by atoms with van der Waals surface area (Å²) in [4.78, 5) is 15.5. The minimum absolute atomic E-state index is 0.0893. The van der Waals surface area contributed by atoms with Crippen molar-refractivity contribution >= 4 is 17.7 Å². The normalized spacial score (nSPS) is 10.8. The summed E-state index contributed by atoms with van der Waals surface area (Å²) < 4.78 is 13.0. The Labute approximate surface area is 122 Å². The summed E-state index contributed by atoms with van der Waals surface area (Å²) in [6, 6.07) is 6.61. The molecule has 0 aliphatic heterocycles. The number of aromatic nitrogens is 1. The van der Waals surface area contributed by atoms with Crippen LogP contribution in [0.3, 0.4) is 0 Å². The predicted molar refractivity (Wildman–Crippen MR) is 79.0 cm³/mol. The summed E-state index contributed by atoms with van der Waals surface area (Å²) in [6.45, 7) is 1.77. The van der Waals surface area contributed by atoms with E-state index in [2.05, 4.69) is 10.3 Å². The number of rotatable bonds is 4. The van der Waals surface area contributed by atoms with Crippen LogP contribution in [0.5, 0.6) is 0 Å². The lowest BCUT2D eigenvalue weighted by molar-refractivity contribution is -0.111. The summed E-state index contributed by atoms with van der Waals surface area (Å²) in [7, 11) is 0. The van der Waals surface area contributed by atoms with Gasteiger partial charge in [-0.15, -0.1) is 0 Å². The van der Waals surface area contributed by atoms with Crippen LogP contribution in [-0.2, 0) is 11.4 Å². The Morgan fingerprint density at radius 3 is 2.90 bits per heavy atom. The first kappa shape index (κ1) is 14.9. The van der Waals surface area contributed by atoms with Gasteiger partial charge in [0.15, 0.2) is 0 Å². The smallest absolute Gasteiger partial charge is 0.248 e. The molecule has 1 aromatic carbocycles. The molecule has 1 aromatic heterocycles. The van der Waals surface area contributed by atoms with E-state index < -0.39 is 5.82 Å². The number of carbonyl (C=O) groups is 1. The highest BCUT2D eigenvalue weighted by Gasteiger charge is 2.03. The van der Waals surface area contributed by atoms with Crippen molar-refractivity contribution in [2.24, 2.45) is 0 Å². The zero-order valence-corrected chi connectivity index (χ0v) is 11.5. The van der Waals surface area contributed by atoms with Gasteiger partial charge in [0, 0.05) is 18.0 Å². The maximum absolute atomic E-state index is 13.0. The number of carbonyl (C=O) groups excluding carboxylic acids is 1. The van der Waals surface area contributed by atoms with E-state index in [1.165, 1.54) is 24.4 Å². The van der Waals surface area contributed by atoms with E-state index in [0.29, 0.717) is 16.8 Å². The van der Waals surface area contributed by atoms with E-state index in [-0.39, 0.29) is 12.5 Å². The van der Waals surface area contributed by atoms with Crippen LogP contribution in [0.15, 0.2) is 42.7 Å². The Morgan fingerprint density at radius 1 is 1.38 bits per heavy atom. The Bertz CT molecular complexity index is 684. The highest BCUT2D eigenvalue weighted by atomic mass is 19.1. The van der Waals surface area contributed by atoms with Crippen LogP contribution in [-0.4, -0.2) is 16.0 Å².